The van der Waals surface area contributed by atoms with Crippen molar-refractivity contribution in [2.75, 3.05) is 11.9 Å². The normalized spacial score (nSPS) is 20.5. The summed E-state index contributed by atoms with van der Waals surface area (Å²) in [4.78, 5) is 30.2. The molecule has 0 aliphatic heterocycles. The van der Waals surface area contributed by atoms with Crippen molar-refractivity contribution in [3.05, 3.63) is 75.7 Å². The van der Waals surface area contributed by atoms with E-state index in [1.165, 1.54) is 36.6 Å². The second kappa shape index (κ2) is 9.01. The average Bonchev–Trinajstić information content (AvgIpc) is 3.44. The number of aromatic nitrogens is 1. The van der Waals surface area contributed by atoms with Crippen LogP contribution >= 0.6 is 23.2 Å². The third-order valence-corrected chi connectivity index (χ3v) is 7.21. The van der Waals surface area contributed by atoms with Crippen LogP contribution in [0.1, 0.15) is 40.0 Å². The van der Waals surface area contributed by atoms with Gasteiger partial charge in [-0.1, -0.05) is 35.3 Å². The number of anilines is 1. The van der Waals surface area contributed by atoms with E-state index in [9.17, 15) is 14.0 Å². The van der Waals surface area contributed by atoms with Gasteiger partial charge in [0.25, 0.3) is 5.91 Å². The lowest BCUT2D eigenvalue weighted by atomic mass is 10.0. The molecule has 8 heteroatoms. The molecule has 2 fully saturated rings. The Labute approximate surface area is 206 Å². The van der Waals surface area contributed by atoms with Crippen LogP contribution in [-0.2, 0) is 0 Å². The Bertz CT molecular complexity index is 1270. The first-order valence-electron chi connectivity index (χ1n) is 11.0. The van der Waals surface area contributed by atoms with Crippen LogP contribution in [0.25, 0.3) is 11.1 Å². The number of carbonyl (C=O) groups excluding carboxylic acids is 2. The lowest BCUT2D eigenvalue weighted by Crippen LogP contribution is -2.29. The van der Waals surface area contributed by atoms with E-state index in [-0.39, 0.29) is 22.5 Å². The number of aldehydes is 1. The van der Waals surface area contributed by atoms with Gasteiger partial charge in [-0.2, -0.15) is 0 Å². The zero-order valence-electron chi connectivity index (χ0n) is 18.3. The minimum Gasteiger partial charge on any atom is -0.486 e. The van der Waals surface area contributed by atoms with Gasteiger partial charge in [0.15, 0.2) is 11.6 Å². The maximum Gasteiger partial charge on any atom is 0.263 e. The fourth-order valence-electron chi connectivity index (χ4n) is 4.66. The molecule has 0 radical (unpaired) electrons. The first-order chi connectivity index (χ1) is 16.4. The standard InChI is InChI=1S/C26H21Cl2FN2O3/c1-31(26(33)24-21(28)3-2-4-22(24)29)25-23(34-18-9-15-8-16(15)10-18)11-17(12-30-25)19-7-14(13-32)5-6-20(19)27/h2-7,11-13,15-16,18H,8-10H2,1H3/t15-,16+,18?. The van der Waals surface area contributed by atoms with E-state index in [4.69, 9.17) is 27.9 Å². The van der Waals surface area contributed by atoms with E-state index in [0.717, 1.165) is 19.1 Å². The molecule has 34 heavy (non-hydrogen) atoms. The van der Waals surface area contributed by atoms with Gasteiger partial charge in [-0.15, -0.1) is 0 Å². The van der Waals surface area contributed by atoms with E-state index in [2.05, 4.69) is 4.98 Å². The van der Waals surface area contributed by atoms with Crippen LogP contribution in [0, 0.1) is 17.7 Å². The smallest absolute Gasteiger partial charge is 0.263 e. The van der Waals surface area contributed by atoms with Crippen LogP contribution < -0.4 is 9.64 Å². The second-order valence-corrected chi connectivity index (χ2v) is 9.65. The predicted molar refractivity (Wildman–Crippen MR) is 129 cm³/mol. The summed E-state index contributed by atoms with van der Waals surface area (Å²) in [5.41, 5.74) is 1.51. The Morgan fingerprint density at radius 1 is 1.12 bits per heavy atom. The largest absolute Gasteiger partial charge is 0.486 e. The molecule has 1 aromatic heterocycles. The molecule has 0 spiro atoms. The number of ether oxygens (including phenoxy) is 1. The van der Waals surface area contributed by atoms with Gasteiger partial charge in [-0.05, 0) is 61.4 Å². The summed E-state index contributed by atoms with van der Waals surface area (Å²) in [7, 11) is 1.51. The highest BCUT2D eigenvalue weighted by atomic mass is 35.5. The van der Waals surface area contributed by atoms with Gasteiger partial charge in [-0.3, -0.25) is 14.5 Å². The fraction of sp³-hybridized carbons (Fsp3) is 0.269. The Kier molecular flexibility index (Phi) is 6.04. The Morgan fingerprint density at radius 2 is 1.88 bits per heavy atom. The summed E-state index contributed by atoms with van der Waals surface area (Å²) < 4.78 is 20.8. The van der Waals surface area contributed by atoms with Crippen molar-refractivity contribution in [1.82, 2.24) is 4.98 Å². The molecule has 5 rings (SSSR count). The summed E-state index contributed by atoms with van der Waals surface area (Å²) >= 11 is 12.5. The fourth-order valence-corrected chi connectivity index (χ4v) is 5.13. The van der Waals surface area contributed by atoms with E-state index in [1.807, 2.05) is 0 Å². The summed E-state index contributed by atoms with van der Waals surface area (Å²) in [6.07, 6.45) is 5.45. The van der Waals surface area contributed by atoms with Crippen molar-refractivity contribution in [2.24, 2.45) is 11.8 Å². The van der Waals surface area contributed by atoms with Crippen LogP contribution in [0.3, 0.4) is 0 Å². The molecule has 1 heterocycles. The third kappa shape index (κ3) is 4.28. The van der Waals surface area contributed by atoms with E-state index < -0.39 is 11.7 Å². The molecule has 2 aromatic carbocycles. The van der Waals surface area contributed by atoms with Gasteiger partial charge >= 0.3 is 0 Å². The van der Waals surface area contributed by atoms with Crippen molar-refractivity contribution in [3.63, 3.8) is 0 Å². The number of nitrogens with zero attached hydrogens (tertiary/aromatic N) is 2. The maximum absolute atomic E-state index is 14.4. The summed E-state index contributed by atoms with van der Waals surface area (Å²) in [5, 5.41) is 0.472. The van der Waals surface area contributed by atoms with Crippen molar-refractivity contribution in [3.8, 4) is 16.9 Å². The predicted octanol–water partition coefficient (Wildman–Crippen LogP) is 6.46. The van der Waals surface area contributed by atoms with Crippen LogP contribution in [0.4, 0.5) is 10.2 Å². The maximum atomic E-state index is 14.4. The first kappa shape index (κ1) is 22.8. The molecular weight excluding hydrogens is 478 g/mol. The second-order valence-electron chi connectivity index (χ2n) is 8.83. The molecular formula is C26H21Cl2FN2O3. The van der Waals surface area contributed by atoms with Crippen LogP contribution in [-0.4, -0.2) is 30.3 Å². The van der Waals surface area contributed by atoms with Crippen LogP contribution in [0.15, 0.2) is 48.7 Å². The number of hydrogen-bond acceptors (Lipinski definition) is 4. The molecule has 2 saturated carbocycles. The van der Waals surface area contributed by atoms with Crippen LogP contribution in [0.2, 0.25) is 10.0 Å². The highest BCUT2D eigenvalue weighted by Gasteiger charge is 2.47. The summed E-state index contributed by atoms with van der Waals surface area (Å²) in [5.74, 6) is 0.677. The number of pyridine rings is 1. The molecule has 0 N–H and O–H groups in total. The van der Waals surface area contributed by atoms with Gasteiger partial charge in [0, 0.05) is 35.0 Å². The van der Waals surface area contributed by atoms with E-state index in [0.29, 0.717) is 39.3 Å². The molecule has 2 aliphatic rings. The molecule has 5 nitrogen and oxygen atoms in total. The lowest BCUT2D eigenvalue weighted by Gasteiger charge is -2.23. The minimum absolute atomic E-state index is 0.0110. The lowest BCUT2D eigenvalue weighted by molar-refractivity contribution is 0.0986. The Hall–Kier alpha value is -2.96. The van der Waals surface area contributed by atoms with Gasteiger partial charge < -0.3 is 4.74 Å². The summed E-state index contributed by atoms with van der Waals surface area (Å²) in [6.45, 7) is 0. The molecule has 3 atom stereocenters. The average molecular weight is 499 g/mol. The van der Waals surface area contributed by atoms with Crippen LogP contribution in [0.5, 0.6) is 5.75 Å². The first-order valence-corrected chi connectivity index (χ1v) is 11.7. The van der Waals surface area contributed by atoms with E-state index in [1.54, 1.807) is 30.5 Å². The monoisotopic (exact) mass is 498 g/mol. The molecule has 3 aromatic rings. The Morgan fingerprint density at radius 3 is 2.59 bits per heavy atom. The van der Waals surface area contributed by atoms with Gasteiger partial charge in [0.2, 0.25) is 0 Å². The van der Waals surface area contributed by atoms with Crippen molar-refractivity contribution in [2.45, 2.75) is 25.4 Å². The SMILES string of the molecule is CN(C(=O)c1c(F)cccc1Cl)c1ncc(-c2cc(C=O)ccc2Cl)cc1OC1C[C@@H]2C[C@@H]2C1. The molecule has 0 bridgehead atoms. The minimum atomic E-state index is -0.711. The van der Waals surface area contributed by atoms with E-state index >= 15 is 0 Å². The van der Waals surface area contributed by atoms with Gasteiger partial charge in [0.1, 0.15) is 12.1 Å². The molecule has 1 unspecified atom stereocenters. The highest BCUT2D eigenvalue weighted by molar-refractivity contribution is 6.34. The topological polar surface area (TPSA) is 59.5 Å². The molecule has 0 saturated heterocycles. The number of benzene rings is 2. The third-order valence-electron chi connectivity index (χ3n) is 6.56. The molecule has 2 aliphatic carbocycles. The molecule has 174 valence electrons. The zero-order chi connectivity index (χ0) is 24.0. The van der Waals surface area contributed by atoms with Gasteiger partial charge in [-0.25, -0.2) is 9.37 Å². The molecule has 1 amide bonds. The number of hydrogen-bond donors (Lipinski definition) is 0. The van der Waals surface area contributed by atoms with Crippen molar-refractivity contribution in [1.29, 1.82) is 0 Å². The van der Waals surface area contributed by atoms with Crippen molar-refractivity contribution < 1.29 is 18.7 Å². The Balaban J connectivity index is 1.54. The van der Waals surface area contributed by atoms with Crippen molar-refractivity contribution >= 4 is 41.2 Å². The number of amides is 1. The van der Waals surface area contributed by atoms with Gasteiger partial charge in [0.05, 0.1) is 16.7 Å². The number of carbonyl (C=O) groups is 2. The quantitative estimate of drug-likeness (QED) is 0.365. The number of rotatable bonds is 6. The summed E-state index contributed by atoms with van der Waals surface area (Å²) in [6, 6.07) is 10.8. The highest BCUT2D eigenvalue weighted by Crippen LogP contribution is 2.53. The zero-order valence-corrected chi connectivity index (χ0v) is 19.8. The number of fused-ring (bicyclic) bond motifs is 1. The number of halogens is 3.